The second kappa shape index (κ2) is 7.83. The summed E-state index contributed by atoms with van der Waals surface area (Å²) in [6, 6.07) is 6.73. The summed E-state index contributed by atoms with van der Waals surface area (Å²) >= 11 is 10.7. The Morgan fingerprint density at radius 1 is 1.07 bits per heavy atom. The molecule has 2 saturated heterocycles. The van der Waals surface area contributed by atoms with Gasteiger partial charge in [0.25, 0.3) is 0 Å². The Bertz CT molecular complexity index is 924. The molecule has 2 unspecified atom stereocenters. The summed E-state index contributed by atoms with van der Waals surface area (Å²) < 4.78 is 0. The van der Waals surface area contributed by atoms with Crippen molar-refractivity contribution in [1.29, 1.82) is 0 Å². The molecule has 0 bridgehead atoms. The summed E-state index contributed by atoms with van der Waals surface area (Å²) in [5.41, 5.74) is 3.39. The molecule has 7 heteroatoms. The number of nitrogens with one attached hydrogen (secondary N) is 2. The van der Waals surface area contributed by atoms with Crippen LogP contribution in [0.5, 0.6) is 0 Å². The van der Waals surface area contributed by atoms with Crippen molar-refractivity contribution in [2.24, 2.45) is 11.8 Å². The van der Waals surface area contributed by atoms with Crippen LogP contribution in [-0.4, -0.2) is 52.8 Å². The molecule has 2 aliphatic heterocycles. The molecule has 0 spiro atoms. The standard InChI is InChI=1S/C21H20N2O3S2/c24-10-14-18(16(27)8-22-14)21(26)20-19(17(28)9-23-20)15(25)7-11-5-12-3-1-2-4-13(12)6-11/h1-5,10,14,18-20,22-23H,6-9H2/t14-,18?,19?,20+/m1/s1. The van der Waals surface area contributed by atoms with Crippen molar-refractivity contribution in [2.75, 3.05) is 13.1 Å². The van der Waals surface area contributed by atoms with E-state index in [1.54, 1.807) is 0 Å². The number of aldehydes is 1. The molecule has 1 aromatic carbocycles. The molecule has 0 aromatic heterocycles. The third-order valence-corrected chi connectivity index (χ3v) is 6.53. The van der Waals surface area contributed by atoms with Gasteiger partial charge in [0.1, 0.15) is 12.1 Å². The minimum absolute atomic E-state index is 0.0491. The monoisotopic (exact) mass is 412 g/mol. The third kappa shape index (κ3) is 3.43. The van der Waals surface area contributed by atoms with E-state index in [9.17, 15) is 14.4 Å². The molecule has 144 valence electrons. The maximum Gasteiger partial charge on any atom is 0.160 e. The van der Waals surface area contributed by atoms with Crippen LogP contribution in [0.1, 0.15) is 17.5 Å². The summed E-state index contributed by atoms with van der Waals surface area (Å²) in [5, 5.41) is 6.04. The van der Waals surface area contributed by atoms with Gasteiger partial charge < -0.3 is 15.4 Å². The van der Waals surface area contributed by atoms with Gasteiger partial charge in [-0.3, -0.25) is 9.59 Å². The van der Waals surface area contributed by atoms with Crippen LogP contribution in [0.3, 0.4) is 0 Å². The van der Waals surface area contributed by atoms with E-state index < -0.39 is 23.9 Å². The zero-order chi connectivity index (χ0) is 19.8. The average molecular weight is 413 g/mol. The molecule has 4 atom stereocenters. The molecule has 2 heterocycles. The number of hydrogen-bond acceptors (Lipinski definition) is 7. The van der Waals surface area contributed by atoms with Crippen molar-refractivity contribution in [3.05, 3.63) is 41.0 Å². The van der Waals surface area contributed by atoms with Crippen LogP contribution in [0, 0.1) is 11.8 Å². The normalized spacial score (nSPS) is 28.9. The third-order valence-electron chi connectivity index (χ3n) is 5.73. The largest absolute Gasteiger partial charge is 0.302 e. The van der Waals surface area contributed by atoms with Gasteiger partial charge in [0, 0.05) is 29.2 Å². The molecule has 28 heavy (non-hydrogen) atoms. The zero-order valence-corrected chi connectivity index (χ0v) is 16.8. The second-order valence-electron chi connectivity index (χ2n) is 7.51. The molecule has 1 aromatic rings. The zero-order valence-electron chi connectivity index (χ0n) is 15.1. The number of carbonyl (C=O) groups is 3. The van der Waals surface area contributed by atoms with Crippen LogP contribution in [0.15, 0.2) is 29.8 Å². The molecular weight excluding hydrogens is 392 g/mol. The smallest absolute Gasteiger partial charge is 0.160 e. The molecule has 5 nitrogen and oxygen atoms in total. The Labute approximate surface area is 174 Å². The van der Waals surface area contributed by atoms with Gasteiger partial charge in [0.2, 0.25) is 0 Å². The van der Waals surface area contributed by atoms with Crippen molar-refractivity contribution < 1.29 is 14.4 Å². The Morgan fingerprint density at radius 3 is 2.54 bits per heavy atom. The number of fused-ring (bicyclic) bond motifs is 1. The van der Waals surface area contributed by atoms with Crippen LogP contribution < -0.4 is 10.6 Å². The molecule has 0 radical (unpaired) electrons. The average Bonchev–Trinajstić information content (AvgIpc) is 3.36. The van der Waals surface area contributed by atoms with E-state index in [-0.39, 0.29) is 18.0 Å². The van der Waals surface area contributed by atoms with Crippen molar-refractivity contribution in [1.82, 2.24) is 10.6 Å². The molecule has 0 saturated carbocycles. The van der Waals surface area contributed by atoms with Crippen LogP contribution >= 0.6 is 24.4 Å². The van der Waals surface area contributed by atoms with Gasteiger partial charge in [-0.25, -0.2) is 0 Å². The minimum Gasteiger partial charge on any atom is -0.302 e. The number of thiocarbonyl (C=S) groups is 2. The SMILES string of the molecule is O=C[C@H]1NCC(=S)C1C(=O)[C@H]1NCC(=S)C1C(=O)CC1=Cc2ccccc2C1. The van der Waals surface area contributed by atoms with Crippen LogP contribution in [0.4, 0.5) is 0 Å². The Hall–Kier alpha value is -1.93. The van der Waals surface area contributed by atoms with Gasteiger partial charge in [-0.05, 0) is 17.5 Å². The van der Waals surface area contributed by atoms with Gasteiger partial charge >= 0.3 is 0 Å². The summed E-state index contributed by atoms with van der Waals surface area (Å²) in [4.78, 5) is 38.6. The number of benzene rings is 1. The Balaban J connectivity index is 1.50. The number of carbonyl (C=O) groups excluding carboxylic acids is 3. The van der Waals surface area contributed by atoms with Gasteiger partial charge in [0.15, 0.2) is 5.78 Å². The van der Waals surface area contributed by atoms with E-state index in [0.717, 1.165) is 17.6 Å². The highest BCUT2D eigenvalue weighted by atomic mass is 32.1. The molecule has 2 fully saturated rings. The summed E-state index contributed by atoms with van der Waals surface area (Å²) in [6.07, 6.45) is 3.78. The van der Waals surface area contributed by atoms with Gasteiger partial charge in [-0.2, -0.15) is 0 Å². The number of rotatable bonds is 6. The predicted octanol–water partition coefficient (Wildman–Crippen LogP) is 1.27. The van der Waals surface area contributed by atoms with E-state index in [2.05, 4.69) is 16.7 Å². The van der Waals surface area contributed by atoms with E-state index >= 15 is 0 Å². The Morgan fingerprint density at radius 2 is 1.79 bits per heavy atom. The van der Waals surface area contributed by atoms with Gasteiger partial charge in [-0.1, -0.05) is 60.4 Å². The lowest BCUT2D eigenvalue weighted by Crippen LogP contribution is -2.47. The lowest BCUT2D eigenvalue weighted by molar-refractivity contribution is -0.129. The highest BCUT2D eigenvalue weighted by Gasteiger charge is 2.47. The first-order valence-electron chi connectivity index (χ1n) is 9.31. The fourth-order valence-corrected chi connectivity index (χ4v) is 5.05. The number of Topliss-reactive ketones (excluding diaryl/α,β-unsaturated/α-hetero) is 2. The quantitative estimate of drug-likeness (QED) is 0.538. The fraction of sp³-hybridized carbons (Fsp3) is 0.381. The summed E-state index contributed by atoms with van der Waals surface area (Å²) in [7, 11) is 0. The van der Waals surface area contributed by atoms with Crippen LogP contribution in [0.2, 0.25) is 0 Å². The fourth-order valence-electron chi connectivity index (χ4n) is 4.36. The number of ketones is 2. The molecular formula is C21H20N2O3S2. The summed E-state index contributed by atoms with van der Waals surface area (Å²) in [6.45, 7) is 0.705. The van der Waals surface area contributed by atoms with Gasteiger partial charge in [-0.15, -0.1) is 0 Å². The molecule has 3 aliphatic rings. The first-order chi connectivity index (χ1) is 13.5. The summed E-state index contributed by atoms with van der Waals surface area (Å²) in [5.74, 6) is -1.60. The van der Waals surface area contributed by atoms with Crippen molar-refractivity contribution in [3.8, 4) is 0 Å². The second-order valence-corrected chi connectivity index (χ2v) is 8.56. The van der Waals surface area contributed by atoms with Crippen molar-refractivity contribution >= 4 is 58.1 Å². The maximum atomic E-state index is 13.1. The highest BCUT2D eigenvalue weighted by molar-refractivity contribution is 7.80. The first-order valence-corrected chi connectivity index (χ1v) is 10.1. The molecule has 1 aliphatic carbocycles. The highest BCUT2D eigenvalue weighted by Crippen LogP contribution is 2.30. The number of hydrogen-bond donors (Lipinski definition) is 2. The van der Waals surface area contributed by atoms with E-state index in [1.165, 1.54) is 5.56 Å². The van der Waals surface area contributed by atoms with Crippen LogP contribution in [-0.2, 0) is 20.8 Å². The van der Waals surface area contributed by atoms with Crippen molar-refractivity contribution in [2.45, 2.75) is 24.9 Å². The van der Waals surface area contributed by atoms with Crippen molar-refractivity contribution in [3.63, 3.8) is 0 Å². The van der Waals surface area contributed by atoms with Crippen LogP contribution in [0.25, 0.3) is 6.08 Å². The first kappa shape index (κ1) is 19.4. The molecule has 0 amide bonds. The topological polar surface area (TPSA) is 75.3 Å². The van der Waals surface area contributed by atoms with E-state index in [0.29, 0.717) is 29.1 Å². The minimum atomic E-state index is -0.713. The molecule has 2 N–H and O–H groups in total. The van der Waals surface area contributed by atoms with E-state index in [4.69, 9.17) is 24.4 Å². The van der Waals surface area contributed by atoms with Gasteiger partial charge in [0.05, 0.1) is 23.9 Å². The number of allylic oxidation sites excluding steroid dienone is 1. The van der Waals surface area contributed by atoms with E-state index in [1.807, 2.05) is 24.3 Å². The lowest BCUT2D eigenvalue weighted by Gasteiger charge is -2.22. The molecule has 4 rings (SSSR count). The predicted molar refractivity (Wildman–Crippen MR) is 115 cm³/mol. The Kier molecular flexibility index (Phi) is 5.42. The maximum absolute atomic E-state index is 13.1. The lowest BCUT2D eigenvalue weighted by atomic mass is 9.83.